The largest absolute Gasteiger partial charge is 0.481 e. The van der Waals surface area contributed by atoms with Gasteiger partial charge in [0.25, 0.3) is 0 Å². The van der Waals surface area contributed by atoms with Crippen molar-refractivity contribution >= 4 is 79.9 Å². The highest BCUT2D eigenvalue weighted by Crippen LogP contribution is 2.39. The van der Waals surface area contributed by atoms with Gasteiger partial charge in [-0.25, -0.2) is 9.97 Å². The number of amides is 2. The lowest BCUT2D eigenvalue weighted by molar-refractivity contribution is -0.146. The fraction of sp³-hybridized carbons (Fsp3) is 0.250. The van der Waals surface area contributed by atoms with Crippen LogP contribution in [0.15, 0.2) is 102 Å². The average molecular weight is 804 g/mol. The number of carbonyl (C=O) groups excluding carboxylic acids is 2. The molecule has 0 aliphatic heterocycles. The zero-order chi connectivity index (χ0) is 38.2. The topological polar surface area (TPSA) is 150 Å². The van der Waals surface area contributed by atoms with Crippen LogP contribution < -0.4 is 10.2 Å². The molecule has 0 bridgehead atoms. The Hall–Kier alpha value is -4.88. The standard InChI is InChI=1S/C23H21ClN2O3S.C17H15ClN2O3S/c24-19-9-5-4-8-18(19)20-14-30-23(25-20)26(17-10-11-17)22(29)16(13-21(27)28)12-15-6-2-1-3-7-15;18-13-8-4-3-7-12(13)14-9-24-17(19-14)20-15(21)10-5-1-2-6-11(10)16(22)23/h1-9,14,16-17H,10-13H2,(H,27,28);1-4,7-11H,5-6H2,(H,22,23)(H,19,20,21)/t16-;10-,11+/m10/s1. The summed E-state index contributed by atoms with van der Waals surface area (Å²) in [6.45, 7) is 0. The van der Waals surface area contributed by atoms with Crippen molar-refractivity contribution in [3.05, 3.63) is 117 Å². The van der Waals surface area contributed by atoms with Crippen molar-refractivity contribution in [1.82, 2.24) is 9.97 Å². The van der Waals surface area contributed by atoms with E-state index in [0.717, 1.165) is 35.2 Å². The van der Waals surface area contributed by atoms with Crippen LogP contribution in [0.1, 0.15) is 37.7 Å². The first-order valence-electron chi connectivity index (χ1n) is 17.3. The molecule has 2 amide bonds. The summed E-state index contributed by atoms with van der Waals surface area (Å²) >= 11 is 15.1. The quantitative estimate of drug-likeness (QED) is 0.106. The molecule has 3 N–H and O–H groups in total. The summed E-state index contributed by atoms with van der Waals surface area (Å²) in [5.41, 5.74) is 3.95. The van der Waals surface area contributed by atoms with Crippen LogP contribution in [0.5, 0.6) is 0 Å². The molecule has 2 aromatic heterocycles. The Morgan fingerprint density at radius 3 is 1.94 bits per heavy atom. The van der Waals surface area contributed by atoms with Gasteiger partial charge in [0, 0.05) is 38.0 Å². The highest BCUT2D eigenvalue weighted by molar-refractivity contribution is 7.14. The van der Waals surface area contributed by atoms with E-state index in [9.17, 15) is 29.4 Å². The van der Waals surface area contributed by atoms with E-state index in [4.69, 9.17) is 23.2 Å². The van der Waals surface area contributed by atoms with Gasteiger partial charge in [-0.2, -0.15) is 0 Å². The zero-order valence-corrected chi connectivity index (χ0v) is 32.0. The first-order valence-corrected chi connectivity index (χ1v) is 19.8. The number of thiazole rings is 2. The van der Waals surface area contributed by atoms with Crippen molar-refractivity contribution in [2.45, 2.75) is 44.6 Å². The first-order chi connectivity index (χ1) is 26.1. The maximum absolute atomic E-state index is 13.5. The Morgan fingerprint density at radius 1 is 0.778 bits per heavy atom. The summed E-state index contributed by atoms with van der Waals surface area (Å²) in [5.74, 6) is -4.33. The summed E-state index contributed by atoms with van der Waals surface area (Å²) in [5, 5.41) is 27.3. The maximum atomic E-state index is 13.5. The summed E-state index contributed by atoms with van der Waals surface area (Å²) in [6.07, 6.45) is 6.43. The van der Waals surface area contributed by atoms with Crippen LogP contribution in [0, 0.1) is 17.8 Å². The summed E-state index contributed by atoms with van der Waals surface area (Å²) in [7, 11) is 0. The van der Waals surface area contributed by atoms with Crippen molar-refractivity contribution < 1.29 is 29.4 Å². The van der Waals surface area contributed by atoms with E-state index in [1.54, 1.807) is 11.0 Å². The number of carboxylic acid groups (broad SMARTS) is 2. The molecule has 1 fully saturated rings. The molecular weight excluding hydrogens is 768 g/mol. The third kappa shape index (κ3) is 9.80. The molecular formula is C40H36Cl2N4O6S2. The van der Waals surface area contributed by atoms with Crippen LogP contribution in [0.2, 0.25) is 10.0 Å². The van der Waals surface area contributed by atoms with Crippen LogP contribution in [-0.2, 0) is 25.6 Å². The lowest BCUT2D eigenvalue weighted by Gasteiger charge is -2.24. The number of nitrogens with one attached hydrogen (secondary N) is 1. The number of anilines is 2. The van der Waals surface area contributed by atoms with Gasteiger partial charge in [0.15, 0.2) is 10.3 Å². The molecule has 2 aliphatic carbocycles. The minimum absolute atomic E-state index is 0.0785. The number of allylic oxidation sites excluding steroid dienone is 2. The molecule has 3 atom stereocenters. The number of halogens is 2. The second-order valence-corrected chi connectivity index (χ2v) is 15.4. The fourth-order valence-corrected chi connectivity index (χ4v) is 8.26. The minimum Gasteiger partial charge on any atom is -0.481 e. The van der Waals surface area contributed by atoms with Gasteiger partial charge in [0.2, 0.25) is 11.8 Å². The molecule has 2 aliphatic rings. The summed E-state index contributed by atoms with van der Waals surface area (Å²) in [4.78, 5) is 59.5. The number of aromatic nitrogens is 2. The van der Waals surface area contributed by atoms with Crippen LogP contribution in [0.4, 0.5) is 10.3 Å². The van der Waals surface area contributed by atoms with Crippen molar-refractivity contribution in [1.29, 1.82) is 0 Å². The van der Waals surface area contributed by atoms with Crippen LogP contribution >= 0.6 is 45.9 Å². The Kier molecular flexibility index (Phi) is 12.9. The number of rotatable bonds is 12. The minimum atomic E-state index is -0.976. The van der Waals surface area contributed by atoms with Gasteiger partial charge < -0.3 is 15.5 Å². The molecule has 0 radical (unpaired) electrons. The van der Waals surface area contributed by atoms with Gasteiger partial charge in [-0.05, 0) is 49.8 Å². The Balaban J connectivity index is 0.000000189. The van der Waals surface area contributed by atoms with Crippen molar-refractivity contribution in [2.75, 3.05) is 10.2 Å². The Morgan fingerprint density at radius 2 is 1.35 bits per heavy atom. The molecule has 0 unspecified atom stereocenters. The van der Waals surface area contributed by atoms with E-state index in [-0.39, 0.29) is 24.3 Å². The number of nitrogens with zero attached hydrogens (tertiary/aromatic N) is 3. The second-order valence-electron chi connectivity index (χ2n) is 12.9. The van der Waals surface area contributed by atoms with Gasteiger partial charge in [0.1, 0.15) is 0 Å². The fourth-order valence-electron chi connectivity index (χ4n) is 6.18. The van der Waals surface area contributed by atoms with Crippen molar-refractivity contribution in [3.8, 4) is 22.5 Å². The van der Waals surface area contributed by atoms with E-state index in [2.05, 4.69) is 15.3 Å². The molecule has 0 saturated heterocycles. The van der Waals surface area contributed by atoms with Gasteiger partial charge in [-0.15, -0.1) is 22.7 Å². The smallest absolute Gasteiger partial charge is 0.307 e. The van der Waals surface area contributed by atoms with E-state index in [0.29, 0.717) is 45.3 Å². The summed E-state index contributed by atoms with van der Waals surface area (Å²) in [6, 6.07) is 24.4. The number of carboxylic acids is 2. The maximum Gasteiger partial charge on any atom is 0.307 e. The Bertz CT molecular complexity index is 2150. The Labute approximate surface area is 330 Å². The van der Waals surface area contributed by atoms with Gasteiger partial charge >= 0.3 is 11.9 Å². The molecule has 2 heterocycles. The molecule has 5 aromatic rings. The number of hydrogen-bond donors (Lipinski definition) is 3. The number of aliphatic carboxylic acids is 2. The molecule has 54 heavy (non-hydrogen) atoms. The highest BCUT2D eigenvalue weighted by atomic mass is 35.5. The molecule has 278 valence electrons. The molecule has 14 heteroatoms. The van der Waals surface area contributed by atoms with Crippen molar-refractivity contribution in [2.24, 2.45) is 17.8 Å². The first kappa shape index (κ1) is 38.8. The lowest BCUT2D eigenvalue weighted by Crippen LogP contribution is -2.39. The van der Waals surface area contributed by atoms with E-state index in [1.165, 1.54) is 22.7 Å². The average Bonchev–Trinajstić information content (AvgIpc) is 3.69. The molecule has 7 rings (SSSR count). The predicted molar refractivity (Wildman–Crippen MR) is 213 cm³/mol. The normalized spacial score (nSPS) is 16.8. The number of carbonyl (C=O) groups is 4. The van der Waals surface area contributed by atoms with Gasteiger partial charge in [-0.3, -0.25) is 24.1 Å². The zero-order valence-electron chi connectivity index (χ0n) is 28.8. The van der Waals surface area contributed by atoms with Gasteiger partial charge in [-0.1, -0.05) is 102 Å². The molecule has 1 saturated carbocycles. The van der Waals surface area contributed by atoms with Crippen LogP contribution in [0.25, 0.3) is 22.5 Å². The third-order valence-electron chi connectivity index (χ3n) is 9.06. The molecule has 3 aromatic carbocycles. The van der Waals surface area contributed by atoms with E-state index >= 15 is 0 Å². The van der Waals surface area contributed by atoms with E-state index in [1.807, 2.05) is 95.7 Å². The SMILES string of the molecule is O=C(Nc1nc(-c2ccccc2Cl)cs1)[C@H]1CC=CC[C@H]1C(=O)O.O=C(O)C[C@@H](Cc1ccccc1)C(=O)N(c1nc(-c2ccccc2Cl)cs1)C1CC1. The van der Waals surface area contributed by atoms with Crippen LogP contribution in [0.3, 0.4) is 0 Å². The van der Waals surface area contributed by atoms with Crippen LogP contribution in [-0.4, -0.2) is 50.0 Å². The lowest BCUT2D eigenvalue weighted by atomic mass is 9.82. The number of hydrogen-bond acceptors (Lipinski definition) is 8. The third-order valence-corrected chi connectivity index (χ3v) is 11.3. The predicted octanol–water partition coefficient (Wildman–Crippen LogP) is 9.36. The van der Waals surface area contributed by atoms with Gasteiger partial charge in [0.05, 0.1) is 35.6 Å². The second kappa shape index (κ2) is 18.0. The van der Waals surface area contributed by atoms with E-state index < -0.39 is 29.7 Å². The van der Waals surface area contributed by atoms with Crippen molar-refractivity contribution in [3.63, 3.8) is 0 Å². The summed E-state index contributed by atoms with van der Waals surface area (Å²) < 4.78 is 0. The molecule has 10 nitrogen and oxygen atoms in total. The highest BCUT2D eigenvalue weighted by Gasteiger charge is 2.39. The molecule has 0 spiro atoms. The monoisotopic (exact) mass is 802 g/mol. The number of benzene rings is 3.